The van der Waals surface area contributed by atoms with E-state index >= 15 is 0 Å². The molecule has 3 aromatic rings. The highest BCUT2D eigenvalue weighted by Crippen LogP contribution is 2.37. The van der Waals surface area contributed by atoms with Gasteiger partial charge in [-0.05, 0) is 47.6 Å². The average Bonchev–Trinajstić information content (AvgIpc) is 3.43. The molecule has 2 N–H and O–H groups in total. The summed E-state index contributed by atoms with van der Waals surface area (Å²) in [5.41, 5.74) is 2.76. The molecule has 5 nitrogen and oxygen atoms in total. The highest BCUT2D eigenvalue weighted by atomic mass is 19.1. The Morgan fingerprint density at radius 3 is 2.54 bits per heavy atom. The summed E-state index contributed by atoms with van der Waals surface area (Å²) >= 11 is 0. The van der Waals surface area contributed by atoms with Crippen LogP contribution in [-0.4, -0.2) is 40.3 Å². The Morgan fingerprint density at radius 1 is 1.14 bits per heavy atom. The van der Waals surface area contributed by atoms with Gasteiger partial charge in [-0.3, -0.25) is 0 Å². The molecule has 1 aliphatic rings. The molecule has 7 heteroatoms. The van der Waals surface area contributed by atoms with Crippen LogP contribution in [0.2, 0.25) is 0 Å². The van der Waals surface area contributed by atoms with Crippen molar-refractivity contribution in [3.05, 3.63) is 83.7 Å². The summed E-state index contributed by atoms with van der Waals surface area (Å²) in [6.07, 6.45) is 1.84. The molecule has 1 aromatic heterocycles. The summed E-state index contributed by atoms with van der Waals surface area (Å²) < 4.78 is 30.8. The van der Waals surface area contributed by atoms with E-state index in [0.29, 0.717) is 31.7 Å². The molecular formula is C28H33F2N3O2. The van der Waals surface area contributed by atoms with Gasteiger partial charge in [0.15, 0.2) is 0 Å². The maximum atomic E-state index is 14.7. The van der Waals surface area contributed by atoms with Gasteiger partial charge < -0.3 is 19.9 Å². The molecule has 1 amide bonds. The number of hydrogen-bond acceptors (Lipinski definition) is 2. The zero-order valence-corrected chi connectivity index (χ0v) is 20.5. The second-order valence-corrected chi connectivity index (χ2v) is 10.5. The summed E-state index contributed by atoms with van der Waals surface area (Å²) in [5.74, 6) is -0.711. The van der Waals surface area contributed by atoms with Gasteiger partial charge in [-0.15, -0.1) is 0 Å². The van der Waals surface area contributed by atoms with Gasteiger partial charge in [-0.1, -0.05) is 51.1 Å². The standard InChI is InChI=1S/C28H33F2N3O2/c1-28(2,3)26(31-15-20-11-12-32(17-20)27(34)35)25-13-21(23-14-22(29)9-10-24(23)30)18-33(25)16-19-7-5-4-6-8-19/h4-10,13-14,18,20,26,31H,11-12,15-17H2,1-3H3,(H,34,35)/t20?,26-/m0/s1. The van der Waals surface area contributed by atoms with E-state index in [-0.39, 0.29) is 22.9 Å². The van der Waals surface area contributed by atoms with Crippen molar-refractivity contribution < 1.29 is 18.7 Å². The van der Waals surface area contributed by atoms with Gasteiger partial charge in [0.05, 0.1) is 6.04 Å². The lowest BCUT2D eigenvalue weighted by Crippen LogP contribution is -2.37. The topological polar surface area (TPSA) is 57.5 Å². The maximum Gasteiger partial charge on any atom is 0.407 e. The summed E-state index contributed by atoms with van der Waals surface area (Å²) in [6, 6.07) is 15.4. The number of aromatic nitrogens is 1. The van der Waals surface area contributed by atoms with Gasteiger partial charge in [0.25, 0.3) is 0 Å². The largest absolute Gasteiger partial charge is 0.465 e. The average molecular weight is 482 g/mol. The van der Waals surface area contributed by atoms with Gasteiger partial charge in [-0.2, -0.15) is 0 Å². The Balaban J connectivity index is 1.68. The fourth-order valence-electron chi connectivity index (χ4n) is 4.87. The Kier molecular flexibility index (Phi) is 7.26. The lowest BCUT2D eigenvalue weighted by Gasteiger charge is -2.33. The Bertz CT molecular complexity index is 1170. The fraction of sp³-hybridized carbons (Fsp3) is 0.393. The molecular weight excluding hydrogens is 448 g/mol. The quantitative estimate of drug-likeness (QED) is 0.425. The van der Waals surface area contributed by atoms with Crippen molar-refractivity contribution in [2.24, 2.45) is 11.3 Å². The van der Waals surface area contributed by atoms with Gasteiger partial charge >= 0.3 is 6.09 Å². The molecule has 4 rings (SSSR count). The third-order valence-electron chi connectivity index (χ3n) is 6.69. The first-order valence-corrected chi connectivity index (χ1v) is 12.0. The van der Waals surface area contributed by atoms with E-state index in [4.69, 9.17) is 0 Å². The molecule has 0 radical (unpaired) electrons. The number of halogens is 2. The molecule has 2 atom stereocenters. The number of amides is 1. The van der Waals surface area contributed by atoms with E-state index in [1.807, 2.05) is 42.6 Å². The molecule has 2 aromatic carbocycles. The second kappa shape index (κ2) is 10.2. The van der Waals surface area contributed by atoms with E-state index in [1.165, 1.54) is 11.0 Å². The van der Waals surface area contributed by atoms with Gasteiger partial charge in [0, 0.05) is 49.2 Å². The molecule has 0 saturated carbocycles. The molecule has 0 aliphatic carbocycles. The van der Waals surface area contributed by atoms with Crippen LogP contribution in [0.4, 0.5) is 13.6 Å². The molecule has 35 heavy (non-hydrogen) atoms. The van der Waals surface area contributed by atoms with Crippen molar-refractivity contribution in [1.82, 2.24) is 14.8 Å². The smallest absolute Gasteiger partial charge is 0.407 e. The molecule has 1 fully saturated rings. The predicted molar refractivity (Wildman–Crippen MR) is 133 cm³/mol. The number of likely N-dealkylation sites (tertiary alicyclic amines) is 1. The first-order chi connectivity index (χ1) is 16.6. The van der Waals surface area contributed by atoms with Crippen LogP contribution in [0.15, 0.2) is 60.8 Å². The highest BCUT2D eigenvalue weighted by Gasteiger charge is 2.32. The van der Waals surface area contributed by atoms with Crippen molar-refractivity contribution in [2.45, 2.75) is 39.8 Å². The molecule has 1 saturated heterocycles. The van der Waals surface area contributed by atoms with Crippen LogP contribution in [0.3, 0.4) is 0 Å². The van der Waals surface area contributed by atoms with Gasteiger partial charge in [0.2, 0.25) is 0 Å². The van der Waals surface area contributed by atoms with Crippen LogP contribution < -0.4 is 5.32 Å². The number of hydrogen-bond donors (Lipinski definition) is 2. The first kappa shape index (κ1) is 24.9. The van der Waals surface area contributed by atoms with E-state index in [2.05, 4.69) is 30.7 Å². The van der Waals surface area contributed by atoms with Crippen LogP contribution in [-0.2, 0) is 6.54 Å². The van der Waals surface area contributed by atoms with Gasteiger partial charge in [-0.25, -0.2) is 13.6 Å². The minimum Gasteiger partial charge on any atom is -0.465 e. The molecule has 186 valence electrons. The van der Waals surface area contributed by atoms with Crippen LogP contribution in [0.5, 0.6) is 0 Å². The molecule has 2 heterocycles. The van der Waals surface area contributed by atoms with Crippen LogP contribution in [0.1, 0.15) is 44.5 Å². The van der Waals surface area contributed by atoms with Gasteiger partial charge in [0.1, 0.15) is 11.6 Å². The number of nitrogens with zero attached hydrogens (tertiary/aromatic N) is 2. The zero-order valence-electron chi connectivity index (χ0n) is 20.5. The third kappa shape index (κ3) is 5.90. The number of benzene rings is 2. The summed E-state index contributed by atoms with van der Waals surface area (Å²) in [6.45, 7) is 8.77. The Morgan fingerprint density at radius 2 is 1.89 bits per heavy atom. The van der Waals surface area contributed by atoms with E-state index < -0.39 is 17.7 Å². The van der Waals surface area contributed by atoms with E-state index in [0.717, 1.165) is 29.8 Å². The highest BCUT2D eigenvalue weighted by molar-refractivity contribution is 5.65. The summed E-state index contributed by atoms with van der Waals surface area (Å²) in [5, 5.41) is 13.0. The fourth-order valence-corrected chi connectivity index (χ4v) is 4.87. The number of carbonyl (C=O) groups is 1. The summed E-state index contributed by atoms with van der Waals surface area (Å²) in [4.78, 5) is 12.8. The zero-order chi connectivity index (χ0) is 25.2. The Hall–Kier alpha value is -3.19. The van der Waals surface area contributed by atoms with E-state index in [9.17, 15) is 18.7 Å². The van der Waals surface area contributed by atoms with Crippen LogP contribution >= 0.6 is 0 Å². The van der Waals surface area contributed by atoms with Crippen molar-refractivity contribution >= 4 is 6.09 Å². The molecule has 0 spiro atoms. The molecule has 1 unspecified atom stereocenters. The lowest BCUT2D eigenvalue weighted by atomic mass is 9.84. The number of nitrogens with one attached hydrogen (secondary N) is 1. The van der Waals surface area contributed by atoms with Crippen molar-refractivity contribution in [3.8, 4) is 11.1 Å². The molecule has 0 bridgehead atoms. The maximum absolute atomic E-state index is 14.7. The lowest BCUT2D eigenvalue weighted by molar-refractivity contribution is 0.153. The number of carboxylic acid groups (broad SMARTS) is 1. The first-order valence-electron chi connectivity index (χ1n) is 12.0. The van der Waals surface area contributed by atoms with E-state index in [1.54, 1.807) is 0 Å². The third-order valence-corrected chi connectivity index (χ3v) is 6.69. The second-order valence-electron chi connectivity index (χ2n) is 10.5. The van der Waals surface area contributed by atoms with Crippen LogP contribution in [0.25, 0.3) is 11.1 Å². The Labute approximate surface area is 205 Å². The number of rotatable bonds is 7. The predicted octanol–water partition coefficient (Wildman–Crippen LogP) is 6.16. The van der Waals surface area contributed by atoms with Crippen molar-refractivity contribution in [2.75, 3.05) is 19.6 Å². The van der Waals surface area contributed by atoms with Crippen molar-refractivity contribution in [1.29, 1.82) is 0 Å². The van der Waals surface area contributed by atoms with Crippen molar-refractivity contribution in [3.63, 3.8) is 0 Å². The summed E-state index contributed by atoms with van der Waals surface area (Å²) in [7, 11) is 0. The normalized spacial score (nSPS) is 17.1. The van der Waals surface area contributed by atoms with Crippen LogP contribution in [0, 0.1) is 23.0 Å². The minimum absolute atomic E-state index is 0.0875. The monoisotopic (exact) mass is 481 g/mol. The molecule has 1 aliphatic heterocycles. The minimum atomic E-state index is -0.877. The SMILES string of the molecule is CC(C)(C)[C@@H](NCC1CCN(C(=O)O)C1)c1cc(-c2cc(F)ccc2F)cn1Cc1ccccc1.